The molecule has 5 aromatic rings. The number of ether oxygens (including phenoxy) is 5. The number of morpholine rings is 2. The fourth-order valence-corrected chi connectivity index (χ4v) is 8.60. The number of fused-ring (bicyclic) bond motifs is 1. The normalized spacial score (nSPS) is 19.4. The van der Waals surface area contributed by atoms with Crippen LogP contribution in [0.25, 0.3) is 44.4 Å². The number of benzene rings is 3. The van der Waals surface area contributed by atoms with Crippen molar-refractivity contribution < 1.29 is 42.9 Å². The Kier molecular flexibility index (Phi) is 13.3. The highest BCUT2D eigenvalue weighted by Crippen LogP contribution is 2.33. The van der Waals surface area contributed by atoms with Gasteiger partial charge in [0.2, 0.25) is 11.8 Å². The van der Waals surface area contributed by atoms with Gasteiger partial charge in [0.05, 0.1) is 64.4 Å². The monoisotopic (exact) mass is 862 g/mol. The van der Waals surface area contributed by atoms with Gasteiger partial charge in [-0.05, 0) is 64.3 Å². The van der Waals surface area contributed by atoms with Crippen molar-refractivity contribution in [3.8, 4) is 33.6 Å². The first-order valence-corrected chi connectivity index (χ1v) is 21.4. The van der Waals surface area contributed by atoms with Gasteiger partial charge in [0.1, 0.15) is 35.8 Å². The van der Waals surface area contributed by atoms with Crippen LogP contribution in [0.2, 0.25) is 0 Å². The van der Waals surface area contributed by atoms with Crippen LogP contribution in [0.3, 0.4) is 0 Å². The molecule has 3 fully saturated rings. The van der Waals surface area contributed by atoms with Gasteiger partial charge in [-0.15, -0.1) is 0 Å². The molecule has 8 rings (SSSR count). The smallest absolute Gasteiger partial charge is 0.407 e. The zero-order chi connectivity index (χ0) is 44.0. The quantitative estimate of drug-likeness (QED) is 0.128. The van der Waals surface area contributed by atoms with E-state index in [0.29, 0.717) is 64.0 Å². The molecule has 0 unspecified atom stereocenters. The van der Waals surface area contributed by atoms with Crippen LogP contribution in [0, 0.1) is 11.8 Å². The van der Waals surface area contributed by atoms with E-state index in [-0.39, 0.29) is 36.9 Å². The van der Waals surface area contributed by atoms with Crippen molar-refractivity contribution in [2.75, 3.05) is 67.0 Å². The molecular formula is C46H54N8O9. The Bertz CT molecular complexity index is 2410. The minimum Gasteiger partial charge on any atom is -0.453 e. The minimum absolute atomic E-state index is 0.0744. The molecule has 0 spiro atoms. The van der Waals surface area contributed by atoms with Crippen LogP contribution in [-0.4, -0.2) is 133 Å². The van der Waals surface area contributed by atoms with Gasteiger partial charge in [0, 0.05) is 31.9 Å². The molecule has 3 aromatic carbocycles. The van der Waals surface area contributed by atoms with Crippen molar-refractivity contribution in [1.82, 2.24) is 40.4 Å². The summed E-state index contributed by atoms with van der Waals surface area (Å²) in [6.07, 6.45) is 3.56. The summed E-state index contributed by atoms with van der Waals surface area (Å²) in [5, 5.41) is 7.60. The lowest BCUT2D eigenvalue weighted by atomic mass is 9.90. The Morgan fingerprint density at radius 1 is 0.651 bits per heavy atom. The highest BCUT2D eigenvalue weighted by atomic mass is 16.5. The summed E-state index contributed by atoms with van der Waals surface area (Å²) in [6.45, 7) is 6.88. The molecule has 3 aliphatic rings. The van der Waals surface area contributed by atoms with Gasteiger partial charge in [0.25, 0.3) is 0 Å². The first-order chi connectivity index (χ1) is 30.6. The van der Waals surface area contributed by atoms with E-state index in [4.69, 9.17) is 28.7 Å². The number of amides is 4. The van der Waals surface area contributed by atoms with Gasteiger partial charge in [-0.1, -0.05) is 62.4 Å². The highest BCUT2D eigenvalue weighted by Gasteiger charge is 2.40. The molecule has 5 heterocycles. The maximum absolute atomic E-state index is 14.1. The molecule has 17 nitrogen and oxygen atoms in total. The molecule has 2 aromatic heterocycles. The number of nitrogens with zero attached hydrogens (tertiary/aromatic N) is 4. The fourth-order valence-electron chi connectivity index (χ4n) is 8.60. The Morgan fingerprint density at radius 2 is 1.16 bits per heavy atom. The molecule has 0 saturated carbocycles. The molecule has 63 heavy (non-hydrogen) atoms. The van der Waals surface area contributed by atoms with Gasteiger partial charge in [0.15, 0.2) is 0 Å². The average Bonchev–Trinajstić information content (AvgIpc) is 4.03. The number of alkyl carbamates (subject to hydrolysis) is 2. The van der Waals surface area contributed by atoms with Crippen LogP contribution in [0.1, 0.15) is 50.4 Å². The largest absolute Gasteiger partial charge is 0.453 e. The summed E-state index contributed by atoms with van der Waals surface area (Å²) in [7, 11) is 2.57. The zero-order valence-corrected chi connectivity index (χ0v) is 35.9. The Balaban J connectivity index is 0.948. The third-order valence-electron chi connectivity index (χ3n) is 12.2. The summed E-state index contributed by atoms with van der Waals surface area (Å²) in [4.78, 5) is 71.8. The molecule has 0 radical (unpaired) electrons. The number of rotatable bonds is 11. The summed E-state index contributed by atoms with van der Waals surface area (Å²) in [6, 6.07) is 18.4. The van der Waals surface area contributed by atoms with Gasteiger partial charge in [-0.25, -0.2) is 19.6 Å². The second-order valence-electron chi connectivity index (χ2n) is 16.4. The van der Waals surface area contributed by atoms with Crippen LogP contribution in [0.5, 0.6) is 0 Å². The lowest BCUT2D eigenvalue weighted by Gasteiger charge is -2.39. The van der Waals surface area contributed by atoms with Crippen molar-refractivity contribution in [3.05, 3.63) is 84.7 Å². The minimum atomic E-state index is -0.754. The van der Waals surface area contributed by atoms with Crippen LogP contribution < -0.4 is 10.6 Å². The van der Waals surface area contributed by atoms with Gasteiger partial charge < -0.3 is 54.1 Å². The van der Waals surface area contributed by atoms with E-state index in [1.165, 1.54) is 14.2 Å². The number of nitrogens with one attached hydrogen (secondary N) is 4. The molecule has 4 atom stereocenters. The molecule has 3 saturated heterocycles. The van der Waals surface area contributed by atoms with E-state index < -0.39 is 36.4 Å². The highest BCUT2D eigenvalue weighted by molar-refractivity contribution is 5.91. The first-order valence-electron chi connectivity index (χ1n) is 21.4. The van der Waals surface area contributed by atoms with Crippen molar-refractivity contribution in [3.63, 3.8) is 0 Å². The van der Waals surface area contributed by atoms with Crippen LogP contribution >= 0.6 is 0 Å². The lowest BCUT2D eigenvalue weighted by molar-refractivity contribution is -0.145. The maximum atomic E-state index is 14.1. The second-order valence-corrected chi connectivity index (χ2v) is 16.4. The summed E-state index contributed by atoms with van der Waals surface area (Å²) < 4.78 is 26.8. The molecule has 17 heteroatoms. The van der Waals surface area contributed by atoms with E-state index in [1.807, 2.05) is 32.0 Å². The lowest BCUT2D eigenvalue weighted by Crippen LogP contribution is -2.56. The summed E-state index contributed by atoms with van der Waals surface area (Å²) in [5.74, 6) is 0.578. The summed E-state index contributed by atoms with van der Waals surface area (Å²) >= 11 is 0. The number of carbonyl (C=O) groups excluding carboxylic acids is 4. The number of methoxy groups -OCH3 is 2. The van der Waals surface area contributed by atoms with Crippen molar-refractivity contribution >= 4 is 34.8 Å². The average molecular weight is 863 g/mol. The third kappa shape index (κ3) is 9.55. The molecule has 0 bridgehead atoms. The number of aromatic amines is 2. The van der Waals surface area contributed by atoms with Crippen molar-refractivity contribution in [1.29, 1.82) is 0 Å². The predicted octanol–water partition coefficient (Wildman–Crippen LogP) is 5.62. The second kappa shape index (κ2) is 19.4. The fraction of sp³-hybridized carbons (Fsp3) is 0.435. The van der Waals surface area contributed by atoms with Crippen LogP contribution in [0.4, 0.5) is 9.59 Å². The van der Waals surface area contributed by atoms with Crippen LogP contribution in [-0.2, 0) is 33.3 Å². The molecule has 0 aliphatic carbocycles. The number of aromatic nitrogens is 4. The third-order valence-corrected chi connectivity index (χ3v) is 12.2. The first kappa shape index (κ1) is 43.4. The van der Waals surface area contributed by atoms with Gasteiger partial charge in [-0.3, -0.25) is 9.59 Å². The number of hydrogen-bond donors (Lipinski definition) is 4. The predicted molar refractivity (Wildman–Crippen MR) is 232 cm³/mol. The molecular weight excluding hydrogens is 809 g/mol. The Labute approximate surface area is 365 Å². The van der Waals surface area contributed by atoms with E-state index in [9.17, 15) is 19.2 Å². The number of carbonyl (C=O) groups is 4. The van der Waals surface area contributed by atoms with Crippen molar-refractivity contribution in [2.24, 2.45) is 11.8 Å². The van der Waals surface area contributed by atoms with E-state index in [0.717, 1.165) is 44.4 Å². The van der Waals surface area contributed by atoms with Crippen molar-refractivity contribution in [2.45, 2.75) is 50.9 Å². The topological polar surface area (TPSA) is 202 Å². The number of hydrogen-bond acceptors (Lipinski definition) is 11. The molecule has 4 N–H and O–H groups in total. The van der Waals surface area contributed by atoms with E-state index in [1.54, 1.807) is 22.2 Å². The zero-order valence-electron chi connectivity index (χ0n) is 35.9. The SMILES string of the molecule is COC(=O)N[C@H](C(=O)N1CCOC[C@H]1c1ncc(-c2ccc3cc(-c4ccc(-c5cnc([C@@H]6COCCN6C(=O)[C@@H](NC(=O)OC)C6CCOCC6)[nH]5)cc4)ccc3c2)[nH]1)C(C)C. The summed E-state index contributed by atoms with van der Waals surface area (Å²) in [5.41, 5.74) is 5.61. The Hall–Kier alpha value is -6.30. The van der Waals surface area contributed by atoms with Gasteiger partial charge >= 0.3 is 12.2 Å². The van der Waals surface area contributed by atoms with Crippen LogP contribution in [0.15, 0.2) is 73.1 Å². The molecule has 3 aliphatic heterocycles. The molecule has 4 amide bonds. The number of imidazole rings is 2. The van der Waals surface area contributed by atoms with E-state index >= 15 is 0 Å². The number of H-pyrrole nitrogens is 2. The maximum Gasteiger partial charge on any atom is 0.407 e. The Morgan fingerprint density at radius 3 is 1.75 bits per heavy atom. The standard InChI is InChI=1S/C46H54N8O9/c1-27(2)39(51-45(57)59-3)43(55)53-15-19-62-25-37(53)42-48-24-36(50-42)34-12-11-32-21-31(9-10-33(32)22-34)28-5-7-29(8-6-28)35-23-47-41(49-35)38-26-63-20-16-54(38)44(56)40(52-46(58)60-4)30-13-17-61-18-14-30/h5-12,21-24,27,30,37-40H,13-20,25-26H2,1-4H3,(H,47,49)(H,48,50)(H,51,57)(H,52,58)/t37-,38-,39-,40-/m0/s1. The van der Waals surface area contributed by atoms with Gasteiger partial charge in [-0.2, -0.15) is 0 Å². The molecule has 332 valence electrons. The van der Waals surface area contributed by atoms with E-state index in [2.05, 4.69) is 68.1 Å².